The summed E-state index contributed by atoms with van der Waals surface area (Å²) in [5.74, 6) is -3.90. The summed E-state index contributed by atoms with van der Waals surface area (Å²) in [5.41, 5.74) is -5.89. The predicted octanol–water partition coefficient (Wildman–Crippen LogP) is 2.51. The number of esters is 1. The number of Topliss-reactive ketones (excluding diaryl/α,β-unsaturated/α-hetero) is 4. The highest BCUT2D eigenvalue weighted by Gasteiger charge is 2.74. The molecule has 0 aromatic carbocycles. The molecule has 3 N–H and O–H groups in total. The SMILES string of the molecule is COC(=O)C(C)CC(=O)CC(C)(O)C1CC(O)C2(C)C3=C(C(=O)C(O)C12C)C1(C)CCC(=O)C(C)(C)C1CC3=O. The van der Waals surface area contributed by atoms with E-state index in [4.69, 9.17) is 4.74 Å². The zero-order chi connectivity index (χ0) is 30.4. The van der Waals surface area contributed by atoms with Crippen LogP contribution in [0.15, 0.2) is 11.1 Å². The van der Waals surface area contributed by atoms with Crippen molar-refractivity contribution in [3.63, 3.8) is 0 Å². The van der Waals surface area contributed by atoms with E-state index in [2.05, 4.69) is 0 Å². The van der Waals surface area contributed by atoms with Gasteiger partial charge in [-0.05, 0) is 31.6 Å². The molecule has 0 amide bonds. The summed E-state index contributed by atoms with van der Waals surface area (Å²) < 4.78 is 4.69. The first-order valence-corrected chi connectivity index (χ1v) is 14.3. The fourth-order valence-corrected chi connectivity index (χ4v) is 9.17. The van der Waals surface area contributed by atoms with Crippen LogP contribution in [-0.2, 0) is 28.7 Å². The van der Waals surface area contributed by atoms with E-state index in [0.717, 1.165) is 0 Å². The second-order valence-electron chi connectivity index (χ2n) is 14.2. The number of methoxy groups -OCH3 is 1. The summed E-state index contributed by atoms with van der Waals surface area (Å²) in [5, 5.41) is 35.1. The number of ether oxygens (including phenoxy) is 1. The molecule has 0 aliphatic heterocycles. The molecule has 4 aliphatic rings. The van der Waals surface area contributed by atoms with Crippen molar-refractivity contribution >= 4 is 29.1 Å². The molecule has 4 rings (SSSR count). The van der Waals surface area contributed by atoms with Gasteiger partial charge in [-0.1, -0.05) is 41.5 Å². The first-order chi connectivity index (χ1) is 18.2. The van der Waals surface area contributed by atoms with E-state index >= 15 is 0 Å². The average molecular weight is 561 g/mol. The Kier molecular flexibility index (Phi) is 7.21. The number of hydrogen-bond acceptors (Lipinski definition) is 9. The first-order valence-electron chi connectivity index (χ1n) is 14.3. The largest absolute Gasteiger partial charge is 0.469 e. The molecular formula is C31H44O9. The number of rotatable bonds is 6. The maximum atomic E-state index is 14.2. The molecule has 0 radical (unpaired) electrons. The number of hydrogen-bond donors (Lipinski definition) is 3. The van der Waals surface area contributed by atoms with E-state index in [1.807, 2.05) is 20.8 Å². The maximum absolute atomic E-state index is 14.2. The van der Waals surface area contributed by atoms with Crippen LogP contribution in [0.25, 0.3) is 0 Å². The van der Waals surface area contributed by atoms with E-state index in [0.29, 0.717) is 6.42 Å². The summed E-state index contributed by atoms with van der Waals surface area (Å²) >= 11 is 0. The van der Waals surface area contributed by atoms with Gasteiger partial charge in [0.25, 0.3) is 0 Å². The van der Waals surface area contributed by atoms with Crippen molar-refractivity contribution in [1.82, 2.24) is 0 Å². The molecule has 2 saturated carbocycles. The van der Waals surface area contributed by atoms with Gasteiger partial charge in [0.1, 0.15) is 17.7 Å². The highest BCUT2D eigenvalue weighted by molar-refractivity contribution is 6.13. The molecule has 0 bridgehead atoms. The molecule has 0 heterocycles. The van der Waals surface area contributed by atoms with Crippen LogP contribution in [-0.4, -0.2) is 69.3 Å². The summed E-state index contributed by atoms with van der Waals surface area (Å²) in [4.78, 5) is 65.8. The van der Waals surface area contributed by atoms with Gasteiger partial charge in [0.15, 0.2) is 11.6 Å². The Morgan fingerprint density at radius 3 is 2.25 bits per heavy atom. The van der Waals surface area contributed by atoms with Crippen molar-refractivity contribution in [3.05, 3.63) is 11.1 Å². The van der Waals surface area contributed by atoms with Gasteiger partial charge in [0.2, 0.25) is 0 Å². The normalized spacial score (nSPS) is 41.0. The molecule has 4 aliphatic carbocycles. The third-order valence-corrected chi connectivity index (χ3v) is 11.7. The molecule has 222 valence electrons. The molecule has 2 fully saturated rings. The van der Waals surface area contributed by atoms with E-state index in [-0.39, 0.29) is 54.8 Å². The van der Waals surface area contributed by atoms with Gasteiger partial charge < -0.3 is 20.1 Å². The van der Waals surface area contributed by atoms with Gasteiger partial charge >= 0.3 is 5.97 Å². The predicted molar refractivity (Wildman–Crippen MR) is 144 cm³/mol. The smallest absolute Gasteiger partial charge is 0.308 e. The van der Waals surface area contributed by atoms with Crippen molar-refractivity contribution in [1.29, 1.82) is 0 Å². The summed E-state index contributed by atoms with van der Waals surface area (Å²) in [6, 6.07) is 0. The molecule has 0 spiro atoms. The number of aliphatic hydroxyl groups excluding tert-OH is 2. The number of carbonyl (C=O) groups is 5. The van der Waals surface area contributed by atoms with Crippen LogP contribution in [0.2, 0.25) is 0 Å². The van der Waals surface area contributed by atoms with Gasteiger partial charge in [-0.25, -0.2) is 0 Å². The average Bonchev–Trinajstić information content (AvgIpc) is 3.08. The Morgan fingerprint density at radius 2 is 1.68 bits per heavy atom. The molecule has 9 heteroatoms. The van der Waals surface area contributed by atoms with E-state index < -0.39 is 74.8 Å². The molecule has 0 aromatic rings. The highest BCUT2D eigenvalue weighted by atomic mass is 16.5. The summed E-state index contributed by atoms with van der Waals surface area (Å²) in [7, 11) is 1.23. The minimum Gasteiger partial charge on any atom is -0.469 e. The minimum atomic E-state index is -1.76. The highest BCUT2D eigenvalue weighted by Crippen LogP contribution is 2.71. The number of fused-ring (bicyclic) bond motifs is 4. The topological polar surface area (TPSA) is 155 Å². The lowest BCUT2D eigenvalue weighted by molar-refractivity contribution is -0.168. The number of ketones is 4. The van der Waals surface area contributed by atoms with Gasteiger partial charge in [-0.2, -0.15) is 0 Å². The lowest BCUT2D eigenvalue weighted by Gasteiger charge is -2.60. The molecular weight excluding hydrogens is 516 g/mol. The lowest BCUT2D eigenvalue weighted by atomic mass is 9.42. The molecule has 9 nitrogen and oxygen atoms in total. The van der Waals surface area contributed by atoms with Gasteiger partial charge in [-0.15, -0.1) is 0 Å². The molecule has 9 atom stereocenters. The second kappa shape index (κ2) is 9.39. The van der Waals surface area contributed by atoms with E-state index in [1.165, 1.54) is 14.0 Å². The van der Waals surface area contributed by atoms with Crippen molar-refractivity contribution < 1.29 is 44.0 Å². The quantitative estimate of drug-likeness (QED) is 0.416. The van der Waals surface area contributed by atoms with E-state index in [9.17, 15) is 39.3 Å². The van der Waals surface area contributed by atoms with Crippen molar-refractivity contribution in [2.75, 3.05) is 7.11 Å². The van der Waals surface area contributed by atoms with Crippen molar-refractivity contribution in [3.8, 4) is 0 Å². The van der Waals surface area contributed by atoms with E-state index in [1.54, 1.807) is 20.8 Å². The Morgan fingerprint density at radius 1 is 1.07 bits per heavy atom. The van der Waals surface area contributed by atoms with Crippen LogP contribution in [0.4, 0.5) is 0 Å². The maximum Gasteiger partial charge on any atom is 0.308 e. The van der Waals surface area contributed by atoms with Crippen LogP contribution in [0.5, 0.6) is 0 Å². The van der Waals surface area contributed by atoms with Crippen LogP contribution in [0.1, 0.15) is 87.0 Å². The van der Waals surface area contributed by atoms with Gasteiger partial charge in [0, 0.05) is 58.5 Å². The number of carbonyl (C=O) groups excluding carboxylic acids is 5. The van der Waals surface area contributed by atoms with Crippen molar-refractivity contribution in [2.45, 2.75) is 105 Å². The Balaban J connectivity index is 1.81. The third-order valence-electron chi connectivity index (χ3n) is 11.7. The lowest BCUT2D eigenvalue weighted by Crippen LogP contribution is -2.65. The Hall–Kier alpha value is -2.23. The molecule has 0 saturated heterocycles. The first kappa shape index (κ1) is 30.7. The third kappa shape index (κ3) is 3.87. The Labute approximate surface area is 235 Å². The second-order valence-corrected chi connectivity index (χ2v) is 14.2. The van der Waals surface area contributed by atoms with Gasteiger partial charge in [-0.3, -0.25) is 24.0 Å². The number of aliphatic hydroxyl groups is 3. The summed E-state index contributed by atoms with van der Waals surface area (Å²) in [6.45, 7) is 11.8. The van der Waals surface area contributed by atoms with Gasteiger partial charge in [0.05, 0.1) is 24.7 Å². The zero-order valence-corrected chi connectivity index (χ0v) is 24.9. The van der Waals surface area contributed by atoms with Crippen molar-refractivity contribution in [2.24, 2.45) is 39.4 Å². The molecule has 40 heavy (non-hydrogen) atoms. The van der Waals surface area contributed by atoms with Crippen LogP contribution >= 0.6 is 0 Å². The van der Waals surface area contributed by atoms with Crippen LogP contribution < -0.4 is 0 Å². The Bertz CT molecular complexity index is 1210. The zero-order valence-electron chi connectivity index (χ0n) is 24.9. The minimum absolute atomic E-state index is 0.0369. The fraction of sp³-hybridized carbons (Fsp3) is 0.774. The monoisotopic (exact) mass is 560 g/mol. The van der Waals surface area contributed by atoms with Crippen LogP contribution in [0.3, 0.4) is 0 Å². The standard InChI is InChI=1S/C31H44O9/c1-15(26(38)40-8)11-16(32)14-29(5,39)19-13-21(35)31(7)22-17(33)12-18-27(2,3)20(34)9-10-28(18,4)23(22)24(36)25(37)30(19,31)6/h15,18-19,21,25,35,37,39H,9-14H2,1-8H3. The fourth-order valence-electron chi connectivity index (χ4n) is 9.17. The summed E-state index contributed by atoms with van der Waals surface area (Å²) in [6.07, 6.45) is -2.76. The molecule has 0 aromatic heterocycles. The van der Waals surface area contributed by atoms with Crippen LogP contribution in [0, 0.1) is 39.4 Å². The molecule has 9 unspecified atom stereocenters.